The number of nitrogens with one attached hydrogen (secondary N) is 1. The molecule has 4 rings (SSSR count). The third-order valence-electron chi connectivity index (χ3n) is 5.49. The van der Waals surface area contributed by atoms with E-state index >= 15 is 0 Å². The number of unbranched alkanes of at least 4 members (excludes halogenated alkanes) is 1. The zero-order chi connectivity index (χ0) is 22.5. The first-order chi connectivity index (χ1) is 15.6. The molecule has 166 valence electrons. The molecule has 0 bridgehead atoms. The predicted molar refractivity (Wildman–Crippen MR) is 124 cm³/mol. The van der Waals surface area contributed by atoms with Crippen LogP contribution in [0.25, 0.3) is 22.5 Å². The van der Waals surface area contributed by atoms with Crippen molar-refractivity contribution < 1.29 is 0 Å². The second-order valence-electron chi connectivity index (χ2n) is 8.49. The molecule has 0 spiro atoms. The van der Waals surface area contributed by atoms with Crippen molar-refractivity contribution in [1.29, 1.82) is 0 Å². The minimum Gasteiger partial charge on any atom is -0.299 e. The fourth-order valence-corrected chi connectivity index (χ4v) is 3.90. The Bertz CT molecular complexity index is 1200. The van der Waals surface area contributed by atoms with E-state index in [9.17, 15) is 4.79 Å². The number of hydrogen-bond acceptors (Lipinski definition) is 5. The van der Waals surface area contributed by atoms with Gasteiger partial charge < -0.3 is 0 Å². The van der Waals surface area contributed by atoms with Crippen LogP contribution in [-0.4, -0.2) is 34.7 Å². The van der Waals surface area contributed by atoms with Gasteiger partial charge in [-0.15, -0.1) is 10.2 Å². The van der Waals surface area contributed by atoms with Gasteiger partial charge in [-0.2, -0.15) is 5.21 Å². The number of aromatic nitrogens is 7. The molecule has 1 aromatic carbocycles. The molecule has 0 unspecified atom stereocenters. The number of aromatic amines is 1. The van der Waals surface area contributed by atoms with Crippen molar-refractivity contribution in [2.75, 3.05) is 0 Å². The molecule has 0 saturated carbocycles. The van der Waals surface area contributed by atoms with Crippen LogP contribution in [0.1, 0.15) is 44.9 Å². The summed E-state index contributed by atoms with van der Waals surface area (Å²) in [4.78, 5) is 17.3. The van der Waals surface area contributed by atoms with Gasteiger partial charge >= 0.3 is 5.69 Å². The lowest BCUT2D eigenvalue weighted by Gasteiger charge is -2.10. The lowest BCUT2D eigenvalue weighted by Crippen LogP contribution is -2.26. The fourth-order valence-electron chi connectivity index (χ4n) is 3.90. The lowest BCUT2D eigenvalue weighted by molar-refractivity contribution is 0.503. The van der Waals surface area contributed by atoms with Gasteiger partial charge in [0.2, 0.25) is 5.82 Å². The molecule has 1 N–H and O–H groups in total. The summed E-state index contributed by atoms with van der Waals surface area (Å²) < 4.78 is 3.78. The van der Waals surface area contributed by atoms with Crippen LogP contribution in [0.2, 0.25) is 0 Å². The molecule has 0 saturated heterocycles. The van der Waals surface area contributed by atoms with E-state index in [1.807, 2.05) is 21.4 Å². The van der Waals surface area contributed by atoms with Crippen molar-refractivity contribution in [2.45, 2.75) is 53.1 Å². The maximum atomic E-state index is 13.1. The van der Waals surface area contributed by atoms with E-state index in [4.69, 9.17) is 0 Å². The molecule has 3 aromatic heterocycles. The molecule has 8 nitrogen and oxygen atoms in total. The van der Waals surface area contributed by atoms with E-state index < -0.39 is 0 Å². The summed E-state index contributed by atoms with van der Waals surface area (Å²) in [5.74, 6) is 0.958. The largest absolute Gasteiger partial charge is 0.328 e. The summed E-state index contributed by atoms with van der Waals surface area (Å²) >= 11 is 0. The van der Waals surface area contributed by atoms with Gasteiger partial charge in [-0.25, -0.2) is 4.79 Å². The molecule has 0 aliphatic carbocycles. The summed E-state index contributed by atoms with van der Waals surface area (Å²) in [7, 11) is 0. The Morgan fingerprint density at radius 2 is 1.91 bits per heavy atom. The van der Waals surface area contributed by atoms with E-state index in [2.05, 4.69) is 70.6 Å². The first-order valence-electron chi connectivity index (χ1n) is 11.1. The lowest BCUT2D eigenvalue weighted by atomic mass is 10.0. The molecular weight excluding hydrogens is 402 g/mol. The van der Waals surface area contributed by atoms with Crippen molar-refractivity contribution in [3.05, 3.63) is 70.7 Å². The molecule has 0 aliphatic heterocycles. The molecule has 8 heteroatoms. The summed E-state index contributed by atoms with van der Waals surface area (Å²) in [5, 5.41) is 14.4. The van der Waals surface area contributed by atoms with Gasteiger partial charge in [0.1, 0.15) is 0 Å². The van der Waals surface area contributed by atoms with Gasteiger partial charge in [-0.1, -0.05) is 51.5 Å². The number of hydrogen-bond donors (Lipinski definition) is 1. The highest BCUT2D eigenvalue weighted by Crippen LogP contribution is 2.29. The van der Waals surface area contributed by atoms with Crippen molar-refractivity contribution in [1.82, 2.24) is 34.7 Å². The number of rotatable bonds is 9. The van der Waals surface area contributed by atoms with Gasteiger partial charge in [0.25, 0.3) is 0 Å². The number of imidazole rings is 1. The summed E-state index contributed by atoms with van der Waals surface area (Å²) in [5.41, 5.74) is 5.07. The van der Waals surface area contributed by atoms with Crippen LogP contribution in [0.3, 0.4) is 0 Å². The van der Waals surface area contributed by atoms with Crippen LogP contribution < -0.4 is 5.69 Å². The highest BCUT2D eigenvalue weighted by molar-refractivity contribution is 5.79. The van der Waals surface area contributed by atoms with Gasteiger partial charge in [-0.3, -0.25) is 14.1 Å². The highest BCUT2D eigenvalue weighted by Gasteiger charge is 2.14. The minimum absolute atomic E-state index is 0.0699. The van der Waals surface area contributed by atoms with E-state index in [-0.39, 0.29) is 5.69 Å². The quantitative estimate of drug-likeness (QED) is 0.433. The first-order valence-corrected chi connectivity index (χ1v) is 11.1. The minimum atomic E-state index is 0.0699. The zero-order valence-corrected chi connectivity index (χ0v) is 18.8. The zero-order valence-electron chi connectivity index (χ0n) is 18.8. The Kier molecular flexibility index (Phi) is 6.58. The molecule has 4 aromatic rings. The van der Waals surface area contributed by atoms with Gasteiger partial charge in [0, 0.05) is 42.0 Å². The van der Waals surface area contributed by atoms with E-state index in [1.54, 1.807) is 12.4 Å². The van der Waals surface area contributed by atoms with Crippen LogP contribution in [-0.2, 0) is 19.5 Å². The number of aryl methyl sites for hydroxylation is 1. The van der Waals surface area contributed by atoms with Crippen LogP contribution in [0.15, 0.2) is 53.7 Å². The molecule has 0 amide bonds. The van der Waals surface area contributed by atoms with Crippen molar-refractivity contribution in [2.24, 2.45) is 5.92 Å². The predicted octanol–water partition coefficient (Wildman–Crippen LogP) is 3.94. The van der Waals surface area contributed by atoms with E-state index in [1.165, 1.54) is 0 Å². The van der Waals surface area contributed by atoms with Crippen LogP contribution in [0.4, 0.5) is 0 Å². The molecule has 0 atom stereocenters. The van der Waals surface area contributed by atoms with Gasteiger partial charge in [-0.05, 0) is 41.2 Å². The van der Waals surface area contributed by atoms with Crippen LogP contribution in [0, 0.1) is 5.92 Å². The molecule has 0 radical (unpaired) electrons. The molecular formula is C24H29N7O. The van der Waals surface area contributed by atoms with E-state index in [0.29, 0.717) is 18.3 Å². The third kappa shape index (κ3) is 4.69. The molecule has 0 fully saturated rings. The number of pyridine rings is 1. The summed E-state index contributed by atoms with van der Waals surface area (Å²) in [6.45, 7) is 7.75. The maximum absolute atomic E-state index is 13.1. The van der Waals surface area contributed by atoms with Gasteiger partial charge in [0.15, 0.2) is 0 Å². The molecule has 32 heavy (non-hydrogen) atoms. The maximum Gasteiger partial charge on any atom is 0.328 e. The standard InChI is InChI=1S/C24H29N7O/c1-4-5-6-20-16-30(14-17(2)3)24(32)31(20)15-18-7-9-19(10-8-18)22-13-25-12-11-21(22)23-26-28-29-27-23/h7-13,16-17H,4-6,14-15H2,1-3H3,(H,26,27,28,29). The van der Waals surface area contributed by atoms with Crippen molar-refractivity contribution >= 4 is 0 Å². The monoisotopic (exact) mass is 431 g/mol. The van der Waals surface area contributed by atoms with Crippen LogP contribution >= 0.6 is 0 Å². The topological polar surface area (TPSA) is 94.3 Å². The fraction of sp³-hybridized carbons (Fsp3) is 0.375. The first kappa shape index (κ1) is 21.7. The van der Waals surface area contributed by atoms with Gasteiger partial charge in [0.05, 0.1) is 6.54 Å². The number of H-pyrrole nitrogens is 1. The van der Waals surface area contributed by atoms with Crippen molar-refractivity contribution in [3.63, 3.8) is 0 Å². The smallest absolute Gasteiger partial charge is 0.299 e. The molecule has 3 heterocycles. The Morgan fingerprint density at radius 3 is 2.59 bits per heavy atom. The van der Waals surface area contributed by atoms with Crippen molar-refractivity contribution in [3.8, 4) is 22.5 Å². The summed E-state index contributed by atoms with van der Waals surface area (Å²) in [6.07, 6.45) is 8.66. The second-order valence-corrected chi connectivity index (χ2v) is 8.49. The Hall–Kier alpha value is -3.55. The number of benzene rings is 1. The second kappa shape index (κ2) is 9.72. The summed E-state index contributed by atoms with van der Waals surface area (Å²) in [6, 6.07) is 10.1. The Balaban J connectivity index is 1.62. The normalized spacial score (nSPS) is 11.4. The number of nitrogens with zero attached hydrogens (tertiary/aromatic N) is 6. The number of tetrazole rings is 1. The average Bonchev–Trinajstić information content (AvgIpc) is 3.43. The van der Waals surface area contributed by atoms with Crippen LogP contribution in [0.5, 0.6) is 0 Å². The average molecular weight is 432 g/mol. The SMILES string of the molecule is CCCCc1cn(CC(C)C)c(=O)n1Cc1ccc(-c2cnccc2-c2nn[nH]n2)cc1. The van der Waals surface area contributed by atoms with E-state index in [0.717, 1.165) is 53.8 Å². The third-order valence-corrected chi connectivity index (χ3v) is 5.49. The molecule has 0 aliphatic rings. The Labute approximate surface area is 187 Å². The highest BCUT2D eigenvalue weighted by atomic mass is 16.1. The Morgan fingerprint density at radius 1 is 1.09 bits per heavy atom.